The predicted octanol–water partition coefficient (Wildman–Crippen LogP) is 3.76. The Labute approximate surface area is 220 Å². The molecule has 2 amide bonds. The van der Waals surface area contributed by atoms with Crippen LogP contribution in [0.15, 0.2) is 41.8 Å². The lowest BCUT2D eigenvalue weighted by Crippen LogP contribution is -2.55. The number of fused-ring (bicyclic) bond motifs is 1. The van der Waals surface area contributed by atoms with E-state index in [9.17, 15) is 14.9 Å². The van der Waals surface area contributed by atoms with Gasteiger partial charge in [-0.25, -0.2) is 4.98 Å². The van der Waals surface area contributed by atoms with Crippen molar-refractivity contribution in [2.45, 2.75) is 50.7 Å². The van der Waals surface area contributed by atoms with Crippen molar-refractivity contribution in [3.63, 3.8) is 0 Å². The molecule has 37 heavy (non-hydrogen) atoms. The minimum atomic E-state index is -0.687. The first-order valence-corrected chi connectivity index (χ1v) is 13.7. The molecule has 2 aliphatic heterocycles. The molecule has 2 aromatic carbocycles. The van der Waals surface area contributed by atoms with Crippen LogP contribution >= 0.6 is 11.3 Å². The van der Waals surface area contributed by atoms with Crippen molar-refractivity contribution in [3.05, 3.63) is 52.3 Å². The van der Waals surface area contributed by atoms with Crippen molar-refractivity contribution in [2.75, 3.05) is 19.8 Å². The van der Waals surface area contributed by atoms with E-state index in [1.54, 1.807) is 18.3 Å². The lowest BCUT2D eigenvalue weighted by molar-refractivity contribution is -0.140. The molecule has 0 unspecified atom stereocenters. The predicted molar refractivity (Wildman–Crippen MR) is 143 cm³/mol. The fraction of sp³-hybridized carbons (Fsp3) is 0.429. The van der Waals surface area contributed by atoms with E-state index < -0.39 is 12.1 Å². The van der Waals surface area contributed by atoms with Crippen LogP contribution in [-0.4, -0.2) is 53.5 Å². The third-order valence-corrected chi connectivity index (χ3v) is 8.32. The van der Waals surface area contributed by atoms with Gasteiger partial charge in [-0.1, -0.05) is 30.3 Å². The first-order chi connectivity index (χ1) is 18.0. The number of hydrogen-bond donors (Lipinski definition) is 2. The van der Waals surface area contributed by atoms with Crippen LogP contribution in [0.25, 0.3) is 22.0 Å². The second-order valence-electron chi connectivity index (χ2n) is 9.80. The summed E-state index contributed by atoms with van der Waals surface area (Å²) in [6, 6.07) is 12.5. The summed E-state index contributed by atoms with van der Waals surface area (Å²) in [5.41, 5.74) is 8.26. The van der Waals surface area contributed by atoms with Crippen LogP contribution in [0.1, 0.15) is 49.2 Å². The molecule has 8 nitrogen and oxygen atoms in total. The van der Waals surface area contributed by atoms with Crippen molar-refractivity contribution in [3.8, 4) is 17.3 Å². The van der Waals surface area contributed by atoms with Gasteiger partial charge in [-0.15, -0.1) is 11.3 Å². The molecule has 2 saturated heterocycles. The van der Waals surface area contributed by atoms with Crippen LogP contribution in [0.5, 0.6) is 0 Å². The third-order valence-electron chi connectivity index (χ3n) is 7.38. The molecule has 9 heteroatoms. The molecule has 0 aliphatic carbocycles. The first kappa shape index (κ1) is 25.3. The highest BCUT2D eigenvalue weighted by Crippen LogP contribution is 2.38. The summed E-state index contributed by atoms with van der Waals surface area (Å²) in [6.45, 7) is 3.43. The lowest BCUT2D eigenvalue weighted by atomic mass is 9.90. The number of nitrogens with two attached hydrogens (primary N) is 1. The maximum atomic E-state index is 13.9. The summed E-state index contributed by atoms with van der Waals surface area (Å²) in [5.74, 6) is -0.365. The Morgan fingerprint density at radius 1 is 1.19 bits per heavy atom. The van der Waals surface area contributed by atoms with Gasteiger partial charge in [0, 0.05) is 36.1 Å². The van der Waals surface area contributed by atoms with Crippen LogP contribution < -0.4 is 11.1 Å². The molecule has 3 heterocycles. The topological polar surface area (TPSA) is 121 Å². The van der Waals surface area contributed by atoms with Crippen molar-refractivity contribution >= 4 is 33.9 Å². The molecule has 3 aromatic rings. The largest absolute Gasteiger partial charge is 0.381 e. The van der Waals surface area contributed by atoms with E-state index in [1.807, 2.05) is 46.7 Å². The summed E-state index contributed by atoms with van der Waals surface area (Å²) in [4.78, 5) is 33.3. The van der Waals surface area contributed by atoms with Gasteiger partial charge < -0.3 is 20.7 Å². The molecule has 3 atom stereocenters. The van der Waals surface area contributed by atoms with Gasteiger partial charge in [0.25, 0.3) is 0 Å². The molecule has 1 aromatic heterocycles. The second-order valence-corrected chi connectivity index (χ2v) is 10.7. The van der Waals surface area contributed by atoms with Crippen LogP contribution in [0, 0.1) is 17.2 Å². The van der Waals surface area contributed by atoms with Crippen LogP contribution in [-0.2, 0) is 14.3 Å². The highest BCUT2D eigenvalue weighted by Gasteiger charge is 2.40. The zero-order chi connectivity index (χ0) is 25.9. The van der Waals surface area contributed by atoms with Gasteiger partial charge in [-0.3, -0.25) is 9.59 Å². The Bertz CT molecular complexity index is 1340. The van der Waals surface area contributed by atoms with Crippen LogP contribution in [0.3, 0.4) is 0 Å². The number of nitriles is 1. The number of thiazole rings is 1. The van der Waals surface area contributed by atoms with Crippen molar-refractivity contribution in [1.29, 1.82) is 5.26 Å². The van der Waals surface area contributed by atoms with Crippen molar-refractivity contribution < 1.29 is 14.3 Å². The molecular formula is C28H31N5O3S. The monoisotopic (exact) mass is 517 g/mol. The number of nitrogens with zero attached hydrogens (tertiary/aromatic N) is 3. The minimum absolute atomic E-state index is 0.0158. The molecule has 2 fully saturated rings. The number of hydrogen-bond acceptors (Lipinski definition) is 7. The number of carbonyl (C=O) groups excluding carboxylic acids is 2. The van der Waals surface area contributed by atoms with Gasteiger partial charge in [-0.2, -0.15) is 5.26 Å². The Hall–Kier alpha value is -3.32. The molecule has 0 saturated carbocycles. The molecule has 0 bridgehead atoms. The summed E-state index contributed by atoms with van der Waals surface area (Å²) >= 11 is 1.55. The minimum Gasteiger partial charge on any atom is -0.381 e. The lowest BCUT2D eigenvalue weighted by Gasteiger charge is -2.34. The molecule has 0 radical (unpaired) electrons. The van der Waals surface area contributed by atoms with E-state index in [0.717, 1.165) is 52.7 Å². The standard InChI is InChI=1S/C28H31N5O3S/c1-17(30)26(34)32-25(18-10-13-36-14-11-18)28(35)33-12-4-7-24(33)27-31-23(16-37-27)22-9-8-19(15-29)20-5-2-3-6-21(20)22/h2-3,5-6,8-9,16-18,24-25H,4,7,10-14,30H2,1H3,(H,32,34)/t17-,24-,25-/m0/s1. The number of aromatic nitrogens is 1. The fourth-order valence-corrected chi connectivity index (χ4v) is 6.33. The maximum absolute atomic E-state index is 13.9. The van der Waals surface area contributed by atoms with Gasteiger partial charge >= 0.3 is 0 Å². The number of benzene rings is 2. The van der Waals surface area contributed by atoms with Crippen LogP contribution in [0.4, 0.5) is 0 Å². The Kier molecular flexibility index (Phi) is 7.51. The second kappa shape index (κ2) is 11.0. The molecule has 2 aliphatic rings. The highest BCUT2D eigenvalue weighted by atomic mass is 32.1. The summed E-state index contributed by atoms with van der Waals surface area (Å²) < 4.78 is 5.50. The van der Waals surface area contributed by atoms with Crippen LogP contribution in [0.2, 0.25) is 0 Å². The number of ether oxygens (including phenoxy) is 1. The summed E-state index contributed by atoms with van der Waals surface area (Å²) in [7, 11) is 0. The zero-order valence-corrected chi connectivity index (χ0v) is 21.7. The quantitative estimate of drug-likeness (QED) is 0.514. The average Bonchev–Trinajstić information content (AvgIpc) is 3.61. The summed E-state index contributed by atoms with van der Waals surface area (Å²) in [6.07, 6.45) is 3.16. The number of carbonyl (C=O) groups is 2. The van der Waals surface area contributed by atoms with Gasteiger partial charge in [0.2, 0.25) is 11.8 Å². The Morgan fingerprint density at radius 3 is 2.68 bits per heavy atom. The molecular weight excluding hydrogens is 486 g/mol. The Morgan fingerprint density at radius 2 is 1.95 bits per heavy atom. The van der Waals surface area contributed by atoms with E-state index >= 15 is 0 Å². The van der Waals surface area contributed by atoms with E-state index in [4.69, 9.17) is 15.5 Å². The van der Waals surface area contributed by atoms with Crippen molar-refractivity contribution in [1.82, 2.24) is 15.2 Å². The van der Waals surface area contributed by atoms with E-state index in [0.29, 0.717) is 25.3 Å². The number of amides is 2. The molecule has 0 spiro atoms. The molecule has 3 N–H and O–H groups in total. The normalized spacial score (nSPS) is 19.9. The van der Waals surface area contributed by atoms with E-state index in [-0.39, 0.29) is 23.8 Å². The average molecular weight is 518 g/mol. The fourth-order valence-electron chi connectivity index (χ4n) is 5.37. The number of rotatable bonds is 6. The molecule has 5 rings (SSSR count). The van der Waals surface area contributed by atoms with E-state index in [1.165, 1.54) is 0 Å². The smallest absolute Gasteiger partial charge is 0.246 e. The SMILES string of the molecule is C[C@H](N)C(=O)N[C@H](C(=O)N1CCC[C@H]1c1nc(-c2ccc(C#N)c3ccccc23)cs1)C1CCOCC1. The maximum Gasteiger partial charge on any atom is 0.246 e. The Balaban J connectivity index is 1.42. The van der Waals surface area contributed by atoms with Gasteiger partial charge in [0.05, 0.1) is 29.4 Å². The van der Waals surface area contributed by atoms with Gasteiger partial charge in [-0.05, 0) is 50.0 Å². The van der Waals surface area contributed by atoms with Gasteiger partial charge in [0.1, 0.15) is 11.0 Å². The highest BCUT2D eigenvalue weighted by molar-refractivity contribution is 7.10. The number of nitrogens with one attached hydrogen (secondary N) is 1. The van der Waals surface area contributed by atoms with Crippen molar-refractivity contribution in [2.24, 2.45) is 11.7 Å². The number of likely N-dealkylation sites (tertiary alicyclic amines) is 1. The third kappa shape index (κ3) is 5.10. The summed E-state index contributed by atoms with van der Waals surface area (Å²) in [5, 5.41) is 17.2. The first-order valence-electron chi connectivity index (χ1n) is 12.8. The van der Waals surface area contributed by atoms with Gasteiger partial charge in [0.15, 0.2) is 0 Å². The zero-order valence-electron chi connectivity index (χ0n) is 20.9. The molecule has 192 valence electrons. The van der Waals surface area contributed by atoms with E-state index in [2.05, 4.69) is 11.4 Å².